The minimum Gasteiger partial charge on any atom is -0.337 e. The van der Waals surface area contributed by atoms with Crippen LogP contribution in [0, 0.1) is 0 Å². The minimum absolute atomic E-state index is 0.00432. The summed E-state index contributed by atoms with van der Waals surface area (Å²) in [5.74, 6) is -0.318. The smallest absolute Gasteiger partial charge is 0.337 e. The number of hydrogen-bond donors (Lipinski definition) is 1. The van der Waals surface area contributed by atoms with Crippen molar-refractivity contribution >= 4 is 5.91 Å². The van der Waals surface area contributed by atoms with Gasteiger partial charge in [-0.2, -0.15) is 13.2 Å². The Bertz CT molecular complexity index is 505. The molecular weight excluding hydrogens is 283 g/mol. The second-order valence-corrected chi connectivity index (χ2v) is 5.53. The Hall–Kier alpha value is -1.63. The number of amides is 1. The molecule has 0 unspecified atom stereocenters. The lowest BCUT2D eigenvalue weighted by Crippen LogP contribution is -2.51. The number of nitrogens with one attached hydrogen (secondary N) is 1. The molecular formula is C14H18F3N3O. The van der Waals surface area contributed by atoms with Gasteiger partial charge in [0, 0.05) is 24.8 Å². The third-order valence-electron chi connectivity index (χ3n) is 4.07. The van der Waals surface area contributed by atoms with Crippen molar-refractivity contribution in [2.45, 2.75) is 31.5 Å². The van der Waals surface area contributed by atoms with Crippen molar-refractivity contribution < 1.29 is 18.0 Å². The summed E-state index contributed by atoms with van der Waals surface area (Å²) >= 11 is 0. The third-order valence-corrected chi connectivity index (χ3v) is 4.07. The maximum absolute atomic E-state index is 12.5. The number of likely N-dealkylation sites (tertiary alicyclic amines) is 1. The number of piperidine rings is 1. The van der Waals surface area contributed by atoms with Crippen LogP contribution in [0.25, 0.3) is 0 Å². The lowest BCUT2D eigenvalue weighted by atomic mass is 9.90. The van der Waals surface area contributed by atoms with E-state index in [0.717, 1.165) is 25.0 Å². The Kier molecular flexibility index (Phi) is 4.22. The highest BCUT2D eigenvalue weighted by Crippen LogP contribution is 2.28. The Morgan fingerprint density at radius 2 is 1.95 bits per heavy atom. The molecule has 1 aliphatic heterocycles. The van der Waals surface area contributed by atoms with E-state index in [-0.39, 0.29) is 17.1 Å². The van der Waals surface area contributed by atoms with Gasteiger partial charge in [0.2, 0.25) is 0 Å². The van der Waals surface area contributed by atoms with E-state index >= 15 is 0 Å². The summed E-state index contributed by atoms with van der Waals surface area (Å²) in [5, 5.41) is 3.23. The molecule has 0 aromatic carbocycles. The molecule has 116 valence electrons. The fourth-order valence-electron chi connectivity index (χ4n) is 2.30. The first-order valence-corrected chi connectivity index (χ1v) is 6.77. The lowest BCUT2D eigenvalue weighted by molar-refractivity contribution is -0.137. The fourth-order valence-corrected chi connectivity index (χ4v) is 2.30. The van der Waals surface area contributed by atoms with Gasteiger partial charge in [-0.3, -0.25) is 9.78 Å². The van der Waals surface area contributed by atoms with Crippen LogP contribution >= 0.6 is 0 Å². The van der Waals surface area contributed by atoms with Gasteiger partial charge in [0.25, 0.3) is 5.91 Å². The van der Waals surface area contributed by atoms with Gasteiger partial charge in [0.15, 0.2) is 0 Å². The van der Waals surface area contributed by atoms with Gasteiger partial charge in [0.1, 0.15) is 5.69 Å². The highest BCUT2D eigenvalue weighted by molar-refractivity contribution is 5.92. The summed E-state index contributed by atoms with van der Waals surface area (Å²) < 4.78 is 37.4. The molecule has 1 aromatic rings. The molecule has 0 bridgehead atoms. The van der Waals surface area contributed by atoms with Crippen molar-refractivity contribution in [3.05, 3.63) is 29.6 Å². The number of carbonyl (C=O) groups is 1. The van der Waals surface area contributed by atoms with Gasteiger partial charge in [-0.1, -0.05) is 0 Å². The predicted molar refractivity (Wildman–Crippen MR) is 71.8 cm³/mol. The Morgan fingerprint density at radius 3 is 2.38 bits per heavy atom. The zero-order chi connectivity index (χ0) is 15.7. The van der Waals surface area contributed by atoms with Crippen LogP contribution in [0.1, 0.15) is 35.8 Å². The third kappa shape index (κ3) is 3.53. The molecule has 0 radical (unpaired) electrons. The first-order chi connectivity index (χ1) is 9.75. The second-order valence-electron chi connectivity index (χ2n) is 5.53. The summed E-state index contributed by atoms with van der Waals surface area (Å²) in [6, 6.07) is 2.03. The molecule has 0 saturated carbocycles. The summed E-state index contributed by atoms with van der Waals surface area (Å²) in [4.78, 5) is 17.5. The van der Waals surface area contributed by atoms with Crippen molar-refractivity contribution in [3.63, 3.8) is 0 Å². The molecule has 1 N–H and O–H groups in total. The summed E-state index contributed by atoms with van der Waals surface area (Å²) in [5.41, 5.74) is -0.791. The van der Waals surface area contributed by atoms with E-state index in [1.807, 2.05) is 7.05 Å². The first-order valence-electron chi connectivity index (χ1n) is 6.77. The number of halogens is 3. The Balaban J connectivity index is 2.04. The number of alkyl halides is 3. The Labute approximate surface area is 121 Å². The number of nitrogens with zero attached hydrogens (tertiary/aromatic N) is 2. The zero-order valence-corrected chi connectivity index (χ0v) is 12.0. The average molecular weight is 301 g/mol. The standard InChI is InChI=1S/C14H18F3N3O/c1-13(18-2)5-7-20(8-6-13)12(21)11-4-3-10(9-19-11)14(15,16)17/h3-4,9,18H,5-8H2,1-2H3. The quantitative estimate of drug-likeness (QED) is 0.912. The maximum Gasteiger partial charge on any atom is 0.417 e. The van der Waals surface area contributed by atoms with Gasteiger partial charge in [-0.25, -0.2) is 0 Å². The van der Waals surface area contributed by atoms with Crippen molar-refractivity contribution in [1.82, 2.24) is 15.2 Å². The van der Waals surface area contributed by atoms with Crippen molar-refractivity contribution in [2.24, 2.45) is 0 Å². The number of rotatable bonds is 2. The minimum atomic E-state index is -4.44. The van der Waals surface area contributed by atoms with E-state index in [9.17, 15) is 18.0 Å². The molecule has 0 atom stereocenters. The van der Waals surface area contributed by atoms with Crippen LogP contribution < -0.4 is 5.32 Å². The first kappa shape index (κ1) is 15.8. The summed E-state index contributed by atoms with van der Waals surface area (Å²) in [6.07, 6.45) is -2.13. The van der Waals surface area contributed by atoms with Gasteiger partial charge >= 0.3 is 6.18 Å². The molecule has 7 heteroatoms. The van der Waals surface area contributed by atoms with E-state index in [0.29, 0.717) is 19.3 Å². The highest BCUT2D eigenvalue weighted by atomic mass is 19.4. The zero-order valence-electron chi connectivity index (χ0n) is 12.0. The number of hydrogen-bond acceptors (Lipinski definition) is 3. The normalized spacial score (nSPS) is 18.6. The number of aromatic nitrogens is 1. The second kappa shape index (κ2) is 5.63. The monoisotopic (exact) mass is 301 g/mol. The molecule has 1 amide bonds. The largest absolute Gasteiger partial charge is 0.417 e. The van der Waals surface area contributed by atoms with Crippen molar-refractivity contribution in [2.75, 3.05) is 20.1 Å². The van der Waals surface area contributed by atoms with E-state index < -0.39 is 11.7 Å². The molecule has 2 heterocycles. The van der Waals surface area contributed by atoms with Crippen LogP contribution in [0.4, 0.5) is 13.2 Å². The van der Waals surface area contributed by atoms with Crippen molar-refractivity contribution in [1.29, 1.82) is 0 Å². The molecule has 1 aliphatic rings. The van der Waals surface area contributed by atoms with E-state index in [1.165, 1.54) is 0 Å². The van der Waals surface area contributed by atoms with Crippen LogP contribution in [-0.4, -0.2) is 41.5 Å². The molecule has 1 saturated heterocycles. The van der Waals surface area contributed by atoms with Crippen molar-refractivity contribution in [3.8, 4) is 0 Å². The molecule has 1 aromatic heterocycles. The van der Waals surface area contributed by atoms with Crippen LogP contribution in [-0.2, 0) is 6.18 Å². The van der Waals surface area contributed by atoms with Crippen LogP contribution in [0.2, 0.25) is 0 Å². The highest BCUT2D eigenvalue weighted by Gasteiger charge is 2.33. The van der Waals surface area contributed by atoms with E-state index in [1.54, 1.807) is 4.90 Å². The summed E-state index contributed by atoms with van der Waals surface area (Å²) in [6.45, 7) is 3.23. The molecule has 1 fully saturated rings. The predicted octanol–water partition coefficient (Wildman–Crippen LogP) is 2.31. The molecule has 2 rings (SSSR count). The van der Waals surface area contributed by atoms with Gasteiger partial charge in [-0.15, -0.1) is 0 Å². The number of pyridine rings is 1. The number of carbonyl (C=O) groups excluding carboxylic acids is 1. The molecule has 21 heavy (non-hydrogen) atoms. The van der Waals surface area contributed by atoms with Gasteiger partial charge in [-0.05, 0) is 38.9 Å². The molecule has 0 aliphatic carbocycles. The van der Waals surface area contributed by atoms with Gasteiger partial charge in [0.05, 0.1) is 5.56 Å². The topological polar surface area (TPSA) is 45.2 Å². The summed E-state index contributed by atoms with van der Waals surface area (Å²) in [7, 11) is 1.88. The van der Waals surface area contributed by atoms with Crippen LogP contribution in [0.15, 0.2) is 18.3 Å². The van der Waals surface area contributed by atoms with E-state index in [4.69, 9.17) is 0 Å². The fraction of sp³-hybridized carbons (Fsp3) is 0.571. The SMILES string of the molecule is CNC1(C)CCN(C(=O)c2ccc(C(F)(F)F)cn2)CC1. The van der Waals surface area contributed by atoms with Crippen LogP contribution in [0.5, 0.6) is 0 Å². The maximum atomic E-state index is 12.5. The molecule has 0 spiro atoms. The average Bonchev–Trinajstić information content (AvgIpc) is 2.47. The van der Waals surface area contributed by atoms with Gasteiger partial charge < -0.3 is 10.2 Å². The molecule has 4 nitrogen and oxygen atoms in total. The van der Waals surface area contributed by atoms with E-state index in [2.05, 4.69) is 17.2 Å². The lowest BCUT2D eigenvalue weighted by Gasteiger charge is -2.39. The Morgan fingerprint density at radius 1 is 1.33 bits per heavy atom. The van der Waals surface area contributed by atoms with Crippen LogP contribution in [0.3, 0.4) is 0 Å².